The molecule has 0 aromatic carbocycles. The normalized spacial score (nSPS) is 15.4. The smallest absolute Gasteiger partial charge is 0.171 e. The van der Waals surface area contributed by atoms with E-state index < -0.39 is 0 Å². The summed E-state index contributed by atoms with van der Waals surface area (Å²) >= 11 is 5.84. The number of rotatable bonds is 7. The summed E-state index contributed by atoms with van der Waals surface area (Å²) in [5.74, 6) is 2.56. The highest BCUT2D eigenvalue weighted by molar-refractivity contribution is 6.17. The number of nitrogens with zero attached hydrogens (tertiary/aromatic N) is 2. The topological polar surface area (TPSA) is 25.4 Å². The van der Waals surface area contributed by atoms with Crippen LogP contribution < -0.4 is 9.64 Å². The van der Waals surface area contributed by atoms with E-state index in [1.807, 2.05) is 32.2 Å². The first kappa shape index (κ1) is 14.4. The third-order valence-corrected chi connectivity index (χ3v) is 3.70. The second kappa shape index (κ2) is 6.99. The number of pyridine rings is 1. The van der Waals surface area contributed by atoms with Crippen LogP contribution in [-0.2, 0) is 0 Å². The zero-order valence-electron chi connectivity index (χ0n) is 11.8. The predicted octanol–water partition coefficient (Wildman–Crippen LogP) is 3.86. The van der Waals surface area contributed by atoms with Crippen LogP contribution in [0.15, 0.2) is 18.3 Å². The van der Waals surface area contributed by atoms with Gasteiger partial charge in [-0.05, 0) is 51.7 Å². The van der Waals surface area contributed by atoms with Crippen LogP contribution in [-0.4, -0.2) is 29.6 Å². The highest BCUT2D eigenvalue weighted by atomic mass is 35.5. The Hall–Kier alpha value is -0.960. The Kier molecular flexibility index (Phi) is 5.32. The quantitative estimate of drug-likeness (QED) is 0.710. The minimum absolute atomic E-state index is 0.166. The second-order valence-electron chi connectivity index (χ2n) is 5.31. The van der Waals surface area contributed by atoms with Gasteiger partial charge in [0.1, 0.15) is 0 Å². The molecule has 0 amide bonds. The van der Waals surface area contributed by atoms with Crippen molar-refractivity contribution in [3.63, 3.8) is 0 Å². The molecule has 2 rings (SSSR count). The predicted molar refractivity (Wildman–Crippen MR) is 80.3 cm³/mol. The Labute approximate surface area is 120 Å². The van der Waals surface area contributed by atoms with E-state index in [9.17, 15) is 0 Å². The number of hydrogen-bond donors (Lipinski definition) is 0. The molecule has 0 aliphatic heterocycles. The molecule has 1 fully saturated rings. The van der Waals surface area contributed by atoms with E-state index in [0.29, 0.717) is 11.9 Å². The van der Waals surface area contributed by atoms with Gasteiger partial charge in [0.25, 0.3) is 0 Å². The van der Waals surface area contributed by atoms with Gasteiger partial charge in [0.15, 0.2) is 11.6 Å². The van der Waals surface area contributed by atoms with Crippen LogP contribution in [0.1, 0.15) is 39.5 Å². The summed E-state index contributed by atoms with van der Waals surface area (Å²) < 4.78 is 5.89. The third-order valence-electron chi connectivity index (χ3n) is 3.43. The van der Waals surface area contributed by atoms with E-state index in [2.05, 4.69) is 9.88 Å². The molecule has 1 saturated carbocycles. The maximum absolute atomic E-state index is 5.89. The summed E-state index contributed by atoms with van der Waals surface area (Å²) in [6, 6.07) is 4.55. The molecule has 3 nitrogen and oxygen atoms in total. The minimum atomic E-state index is 0.166. The van der Waals surface area contributed by atoms with E-state index in [1.54, 1.807) is 0 Å². The molecular weight excluding hydrogens is 260 g/mol. The molecule has 0 spiro atoms. The molecule has 1 aromatic heterocycles. The highest BCUT2D eigenvalue weighted by Crippen LogP contribution is 2.34. The summed E-state index contributed by atoms with van der Waals surface area (Å²) in [4.78, 5) is 6.92. The Morgan fingerprint density at radius 1 is 1.47 bits per heavy atom. The molecule has 1 heterocycles. The molecule has 0 N–H and O–H groups in total. The molecule has 1 aliphatic carbocycles. The monoisotopic (exact) mass is 282 g/mol. The van der Waals surface area contributed by atoms with Crippen molar-refractivity contribution < 1.29 is 4.74 Å². The lowest BCUT2D eigenvalue weighted by Gasteiger charge is -2.39. The highest BCUT2D eigenvalue weighted by Gasteiger charge is 2.27. The lowest BCUT2D eigenvalue weighted by molar-refractivity contribution is 0.240. The van der Waals surface area contributed by atoms with Crippen molar-refractivity contribution in [1.29, 1.82) is 0 Å². The third kappa shape index (κ3) is 3.75. The molecule has 0 bridgehead atoms. The summed E-state index contributed by atoms with van der Waals surface area (Å²) in [6.07, 6.45) is 6.80. The van der Waals surface area contributed by atoms with Crippen molar-refractivity contribution in [2.45, 2.75) is 51.7 Å². The van der Waals surface area contributed by atoms with Crippen LogP contribution in [0.3, 0.4) is 0 Å². The van der Waals surface area contributed by atoms with Crippen LogP contribution in [0.5, 0.6) is 5.75 Å². The van der Waals surface area contributed by atoms with Gasteiger partial charge in [-0.1, -0.05) is 0 Å². The standard InChI is InChI=1S/C15H23ClN2O/c1-12(2)19-14-8-4-10-17-15(14)18(11-5-9-16)13-6-3-7-13/h4,8,10,12-13H,3,5-7,9,11H2,1-2H3. The van der Waals surface area contributed by atoms with Gasteiger partial charge < -0.3 is 9.64 Å². The van der Waals surface area contributed by atoms with Gasteiger partial charge in [-0.25, -0.2) is 4.98 Å². The van der Waals surface area contributed by atoms with Gasteiger partial charge >= 0.3 is 0 Å². The van der Waals surface area contributed by atoms with E-state index in [-0.39, 0.29) is 6.10 Å². The number of halogens is 1. The summed E-state index contributed by atoms with van der Waals surface area (Å²) in [5.41, 5.74) is 0. The van der Waals surface area contributed by atoms with Crippen LogP contribution in [0, 0.1) is 0 Å². The van der Waals surface area contributed by atoms with Crippen LogP contribution >= 0.6 is 11.6 Å². The van der Waals surface area contributed by atoms with Crippen LogP contribution in [0.2, 0.25) is 0 Å². The minimum Gasteiger partial charge on any atom is -0.487 e. The van der Waals surface area contributed by atoms with Gasteiger partial charge in [0, 0.05) is 24.7 Å². The van der Waals surface area contributed by atoms with Crippen molar-refractivity contribution in [2.75, 3.05) is 17.3 Å². The SMILES string of the molecule is CC(C)Oc1cccnc1N(CCCCl)C1CCC1. The van der Waals surface area contributed by atoms with Crippen molar-refractivity contribution in [3.8, 4) is 5.75 Å². The fraction of sp³-hybridized carbons (Fsp3) is 0.667. The van der Waals surface area contributed by atoms with Crippen molar-refractivity contribution >= 4 is 17.4 Å². The Morgan fingerprint density at radius 2 is 2.26 bits per heavy atom. The molecule has 0 radical (unpaired) electrons. The van der Waals surface area contributed by atoms with Crippen molar-refractivity contribution in [3.05, 3.63) is 18.3 Å². The molecule has 0 unspecified atom stereocenters. The fourth-order valence-electron chi connectivity index (χ4n) is 2.33. The van der Waals surface area contributed by atoms with Crippen LogP contribution in [0.4, 0.5) is 5.82 Å². The van der Waals surface area contributed by atoms with Gasteiger partial charge in [0.05, 0.1) is 6.10 Å². The molecule has 19 heavy (non-hydrogen) atoms. The molecule has 0 atom stereocenters. The summed E-state index contributed by atoms with van der Waals surface area (Å²) in [5, 5.41) is 0. The lowest BCUT2D eigenvalue weighted by Crippen LogP contribution is -2.41. The average Bonchev–Trinajstić information content (AvgIpc) is 2.32. The molecule has 4 heteroatoms. The Bertz CT molecular complexity index is 393. The zero-order valence-corrected chi connectivity index (χ0v) is 12.6. The second-order valence-corrected chi connectivity index (χ2v) is 5.69. The average molecular weight is 283 g/mol. The number of hydrogen-bond acceptors (Lipinski definition) is 3. The molecule has 1 aromatic rings. The Morgan fingerprint density at radius 3 is 2.84 bits per heavy atom. The van der Waals surface area contributed by atoms with Gasteiger partial charge in [0.2, 0.25) is 0 Å². The number of ether oxygens (including phenoxy) is 1. The largest absolute Gasteiger partial charge is 0.487 e. The van der Waals surface area contributed by atoms with Crippen molar-refractivity contribution in [1.82, 2.24) is 4.98 Å². The Balaban J connectivity index is 2.19. The summed E-state index contributed by atoms with van der Waals surface area (Å²) in [7, 11) is 0. The molecule has 1 aliphatic rings. The van der Waals surface area contributed by atoms with E-state index >= 15 is 0 Å². The molecule has 0 saturated heterocycles. The number of aromatic nitrogens is 1. The van der Waals surface area contributed by atoms with Crippen LogP contribution in [0.25, 0.3) is 0 Å². The van der Waals surface area contributed by atoms with Gasteiger partial charge in [-0.2, -0.15) is 0 Å². The molecule has 106 valence electrons. The summed E-state index contributed by atoms with van der Waals surface area (Å²) in [6.45, 7) is 5.05. The van der Waals surface area contributed by atoms with E-state index in [1.165, 1.54) is 19.3 Å². The lowest BCUT2D eigenvalue weighted by atomic mass is 9.91. The van der Waals surface area contributed by atoms with E-state index in [4.69, 9.17) is 16.3 Å². The van der Waals surface area contributed by atoms with Gasteiger partial charge in [-0.3, -0.25) is 0 Å². The fourth-order valence-corrected chi connectivity index (χ4v) is 2.45. The van der Waals surface area contributed by atoms with Crippen molar-refractivity contribution in [2.24, 2.45) is 0 Å². The van der Waals surface area contributed by atoms with E-state index in [0.717, 1.165) is 24.5 Å². The zero-order chi connectivity index (χ0) is 13.7. The number of anilines is 1. The maximum Gasteiger partial charge on any atom is 0.171 e. The first-order valence-corrected chi connectivity index (χ1v) is 7.70. The number of alkyl halides is 1. The maximum atomic E-state index is 5.89. The first-order chi connectivity index (χ1) is 9.22. The first-order valence-electron chi connectivity index (χ1n) is 7.16. The van der Waals surface area contributed by atoms with Gasteiger partial charge in [-0.15, -0.1) is 11.6 Å². The molecular formula is C15H23ClN2O.